The SMILES string of the molecule is CC(C)CNC(=S)Nc1cccc(C(F)(F)F)c1. The monoisotopic (exact) mass is 276 g/mol. The Balaban J connectivity index is 2.65. The molecule has 2 N–H and O–H groups in total. The zero-order valence-corrected chi connectivity index (χ0v) is 11.0. The van der Waals surface area contributed by atoms with E-state index in [-0.39, 0.29) is 0 Å². The second-order valence-electron chi connectivity index (χ2n) is 4.31. The molecule has 0 amide bonds. The van der Waals surface area contributed by atoms with Crippen molar-refractivity contribution in [3.8, 4) is 0 Å². The number of thiocarbonyl (C=S) groups is 1. The van der Waals surface area contributed by atoms with Crippen LogP contribution >= 0.6 is 12.2 Å². The fourth-order valence-corrected chi connectivity index (χ4v) is 1.45. The maximum absolute atomic E-state index is 12.5. The van der Waals surface area contributed by atoms with Crippen molar-refractivity contribution in [3.63, 3.8) is 0 Å². The van der Waals surface area contributed by atoms with Gasteiger partial charge in [0.1, 0.15) is 0 Å². The van der Waals surface area contributed by atoms with Crippen molar-refractivity contribution in [2.75, 3.05) is 11.9 Å². The zero-order chi connectivity index (χ0) is 13.8. The largest absolute Gasteiger partial charge is 0.416 e. The highest BCUT2D eigenvalue weighted by Crippen LogP contribution is 2.30. The molecule has 1 aromatic carbocycles. The highest BCUT2D eigenvalue weighted by atomic mass is 32.1. The first kappa shape index (κ1) is 14.8. The van der Waals surface area contributed by atoms with Gasteiger partial charge in [0.15, 0.2) is 5.11 Å². The molecule has 0 unspecified atom stereocenters. The Morgan fingerprint density at radius 3 is 2.56 bits per heavy atom. The van der Waals surface area contributed by atoms with E-state index < -0.39 is 11.7 Å². The van der Waals surface area contributed by atoms with E-state index in [4.69, 9.17) is 12.2 Å². The third-order valence-corrected chi connectivity index (χ3v) is 2.37. The lowest BCUT2D eigenvalue weighted by atomic mass is 10.2. The number of hydrogen-bond donors (Lipinski definition) is 2. The number of halogens is 3. The van der Waals surface area contributed by atoms with Crippen LogP contribution in [0.4, 0.5) is 18.9 Å². The van der Waals surface area contributed by atoms with Gasteiger partial charge in [0.05, 0.1) is 5.56 Å². The van der Waals surface area contributed by atoms with E-state index in [9.17, 15) is 13.2 Å². The Morgan fingerprint density at radius 1 is 1.33 bits per heavy atom. The Morgan fingerprint density at radius 2 is 2.00 bits per heavy atom. The lowest BCUT2D eigenvalue weighted by molar-refractivity contribution is -0.137. The van der Waals surface area contributed by atoms with Gasteiger partial charge in [-0.2, -0.15) is 13.2 Å². The zero-order valence-electron chi connectivity index (χ0n) is 10.1. The van der Waals surface area contributed by atoms with Gasteiger partial charge in [-0.15, -0.1) is 0 Å². The molecule has 0 heterocycles. The van der Waals surface area contributed by atoms with Crippen molar-refractivity contribution < 1.29 is 13.2 Å². The third-order valence-electron chi connectivity index (χ3n) is 2.12. The smallest absolute Gasteiger partial charge is 0.362 e. The summed E-state index contributed by atoms with van der Waals surface area (Å²) < 4.78 is 37.4. The first-order valence-electron chi connectivity index (χ1n) is 5.51. The van der Waals surface area contributed by atoms with Crippen LogP contribution in [0.5, 0.6) is 0 Å². The average Bonchev–Trinajstić information content (AvgIpc) is 2.25. The van der Waals surface area contributed by atoms with Crippen LogP contribution in [0.3, 0.4) is 0 Å². The van der Waals surface area contributed by atoms with E-state index in [1.165, 1.54) is 6.07 Å². The minimum absolute atomic E-state index is 0.322. The minimum atomic E-state index is -4.34. The molecule has 0 aliphatic heterocycles. The van der Waals surface area contributed by atoms with Gasteiger partial charge in [-0.25, -0.2) is 0 Å². The van der Waals surface area contributed by atoms with Crippen LogP contribution < -0.4 is 10.6 Å². The molecule has 100 valence electrons. The maximum Gasteiger partial charge on any atom is 0.416 e. The maximum atomic E-state index is 12.5. The van der Waals surface area contributed by atoms with Gasteiger partial charge in [-0.3, -0.25) is 0 Å². The van der Waals surface area contributed by atoms with Crippen LogP contribution in [-0.4, -0.2) is 11.7 Å². The van der Waals surface area contributed by atoms with Crippen molar-refractivity contribution in [2.45, 2.75) is 20.0 Å². The fraction of sp³-hybridized carbons (Fsp3) is 0.417. The Labute approximate surface area is 110 Å². The van der Waals surface area contributed by atoms with Crippen LogP contribution in [0.25, 0.3) is 0 Å². The van der Waals surface area contributed by atoms with E-state index in [0.29, 0.717) is 23.3 Å². The lowest BCUT2D eigenvalue weighted by Crippen LogP contribution is -2.31. The molecular weight excluding hydrogens is 261 g/mol. The number of nitrogens with one attached hydrogen (secondary N) is 2. The van der Waals surface area contributed by atoms with Gasteiger partial charge >= 0.3 is 6.18 Å². The predicted octanol–water partition coefficient (Wildman–Crippen LogP) is 3.65. The highest BCUT2D eigenvalue weighted by molar-refractivity contribution is 7.80. The van der Waals surface area contributed by atoms with Gasteiger partial charge in [0.25, 0.3) is 0 Å². The lowest BCUT2D eigenvalue weighted by Gasteiger charge is -2.13. The second-order valence-corrected chi connectivity index (χ2v) is 4.72. The van der Waals surface area contributed by atoms with Gasteiger partial charge < -0.3 is 10.6 Å². The quantitative estimate of drug-likeness (QED) is 0.824. The molecule has 0 aliphatic carbocycles. The molecule has 0 bridgehead atoms. The predicted molar refractivity (Wildman–Crippen MR) is 70.5 cm³/mol. The summed E-state index contributed by atoms with van der Waals surface area (Å²) >= 11 is 4.99. The molecule has 2 nitrogen and oxygen atoms in total. The highest BCUT2D eigenvalue weighted by Gasteiger charge is 2.30. The molecule has 0 radical (unpaired) electrons. The summed E-state index contributed by atoms with van der Waals surface area (Å²) in [5, 5.41) is 5.98. The van der Waals surface area contributed by atoms with Crippen LogP contribution in [0.15, 0.2) is 24.3 Å². The molecule has 1 rings (SSSR count). The van der Waals surface area contributed by atoms with E-state index >= 15 is 0 Å². The molecular formula is C12H15F3N2S. The topological polar surface area (TPSA) is 24.1 Å². The molecule has 0 aromatic heterocycles. The number of alkyl halides is 3. The van der Waals surface area contributed by atoms with E-state index in [1.54, 1.807) is 6.07 Å². The Bertz CT molecular complexity index is 416. The Hall–Kier alpha value is -1.30. The molecule has 0 saturated carbocycles. The van der Waals surface area contributed by atoms with Crippen molar-refractivity contribution >= 4 is 23.0 Å². The molecule has 0 aliphatic rings. The number of benzene rings is 1. The van der Waals surface area contributed by atoms with Crippen LogP contribution in [0.1, 0.15) is 19.4 Å². The normalized spacial score (nSPS) is 11.4. The van der Waals surface area contributed by atoms with Crippen molar-refractivity contribution in [1.82, 2.24) is 5.32 Å². The summed E-state index contributed by atoms with van der Waals surface area (Å²) in [6.07, 6.45) is -4.34. The van der Waals surface area contributed by atoms with E-state index in [0.717, 1.165) is 12.1 Å². The van der Waals surface area contributed by atoms with Gasteiger partial charge in [-0.1, -0.05) is 19.9 Å². The molecule has 0 spiro atoms. The molecule has 0 fully saturated rings. The van der Waals surface area contributed by atoms with Crippen LogP contribution in [-0.2, 0) is 6.18 Å². The molecule has 6 heteroatoms. The third kappa shape index (κ3) is 4.91. The van der Waals surface area contributed by atoms with Crippen LogP contribution in [0.2, 0.25) is 0 Å². The number of hydrogen-bond acceptors (Lipinski definition) is 1. The summed E-state index contributed by atoms with van der Waals surface area (Å²) in [4.78, 5) is 0. The molecule has 0 atom stereocenters. The summed E-state index contributed by atoms with van der Waals surface area (Å²) in [6.45, 7) is 4.70. The van der Waals surface area contributed by atoms with E-state index in [2.05, 4.69) is 10.6 Å². The summed E-state index contributed by atoms with van der Waals surface area (Å²) in [6, 6.07) is 4.94. The molecule has 0 saturated heterocycles. The molecule has 1 aromatic rings. The minimum Gasteiger partial charge on any atom is -0.362 e. The molecule has 18 heavy (non-hydrogen) atoms. The van der Waals surface area contributed by atoms with Gasteiger partial charge in [0.2, 0.25) is 0 Å². The Kier molecular flexibility index (Phi) is 4.95. The number of rotatable bonds is 3. The van der Waals surface area contributed by atoms with E-state index in [1.807, 2.05) is 13.8 Å². The van der Waals surface area contributed by atoms with Crippen molar-refractivity contribution in [1.29, 1.82) is 0 Å². The van der Waals surface area contributed by atoms with Gasteiger partial charge in [0, 0.05) is 12.2 Å². The summed E-state index contributed by atoms with van der Waals surface area (Å²) in [5.74, 6) is 0.409. The number of anilines is 1. The van der Waals surface area contributed by atoms with Crippen molar-refractivity contribution in [3.05, 3.63) is 29.8 Å². The van der Waals surface area contributed by atoms with Crippen LogP contribution in [0, 0.1) is 5.92 Å². The average molecular weight is 276 g/mol. The first-order chi connectivity index (χ1) is 8.29. The first-order valence-corrected chi connectivity index (χ1v) is 5.92. The summed E-state index contributed by atoms with van der Waals surface area (Å²) in [5.41, 5.74) is -0.370. The van der Waals surface area contributed by atoms with Crippen molar-refractivity contribution in [2.24, 2.45) is 5.92 Å². The fourth-order valence-electron chi connectivity index (χ4n) is 1.25. The van der Waals surface area contributed by atoms with Gasteiger partial charge in [-0.05, 0) is 36.3 Å². The summed E-state index contributed by atoms with van der Waals surface area (Å²) in [7, 11) is 0. The second kappa shape index (κ2) is 6.04. The standard InChI is InChI=1S/C12H15F3N2S/c1-8(2)7-16-11(18)17-10-5-3-4-9(6-10)12(13,14)15/h3-6,8H,7H2,1-2H3,(H2,16,17,18).